The van der Waals surface area contributed by atoms with Gasteiger partial charge in [0, 0.05) is 15.6 Å². The second kappa shape index (κ2) is 8.32. The first-order chi connectivity index (χ1) is 13.5. The average molecular weight is 438 g/mol. The molecule has 0 saturated carbocycles. The Bertz CT molecular complexity index is 1060. The van der Waals surface area contributed by atoms with Gasteiger partial charge in [-0.3, -0.25) is 0 Å². The van der Waals surface area contributed by atoms with Crippen molar-refractivity contribution in [3.05, 3.63) is 58.1 Å². The number of nitrogens with two attached hydrogens (primary N) is 1. The molecule has 0 aliphatic carbocycles. The Morgan fingerprint density at radius 2 is 1.79 bits per heavy atom. The first-order valence-electron chi connectivity index (χ1n) is 8.77. The maximum atomic E-state index is 9.72. The standard InChI is InChI=1S/C22H20BrN3O2/c1-4-28-18-10-7-15(11-19(18)27-3)20-13(2)21(26-22(25)17(20)12-24)14-5-8-16(23)9-6-14/h5-11H,4H2,1-3H3,(H2,25,26). The van der Waals surface area contributed by atoms with Crippen LogP contribution >= 0.6 is 15.9 Å². The number of aromatic nitrogens is 1. The van der Waals surface area contributed by atoms with Gasteiger partial charge in [-0.2, -0.15) is 5.26 Å². The molecular weight excluding hydrogens is 418 g/mol. The molecule has 1 aromatic heterocycles. The summed E-state index contributed by atoms with van der Waals surface area (Å²) >= 11 is 3.45. The van der Waals surface area contributed by atoms with Crippen LogP contribution in [0.1, 0.15) is 18.1 Å². The van der Waals surface area contributed by atoms with Gasteiger partial charge in [0.1, 0.15) is 17.5 Å². The predicted molar refractivity (Wildman–Crippen MR) is 114 cm³/mol. The SMILES string of the molecule is CCOc1ccc(-c2c(C)c(-c3ccc(Br)cc3)nc(N)c2C#N)cc1OC. The lowest BCUT2D eigenvalue weighted by molar-refractivity contribution is 0.311. The highest BCUT2D eigenvalue weighted by molar-refractivity contribution is 9.10. The fraction of sp³-hybridized carbons (Fsp3) is 0.182. The van der Waals surface area contributed by atoms with E-state index in [1.54, 1.807) is 7.11 Å². The van der Waals surface area contributed by atoms with Gasteiger partial charge in [0.25, 0.3) is 0 Å². The van der Waals surface area contributed by atoms with Crippen LogP contribution in [0, 0.1) is 18.3 Å². The van der Waals surface area contributed by atoms with E-state index in [-0.39, 0.29) is 5.82 Å². The van der Waals surface area contributed by atoms with Crippen LogP contribution in [0.15, 0.2) is 46.9 Å². The van der Waals surface area contributed by atoms with Crippen LogP contribution in [0.4, 0.5) is 5.82 Å². The summed E-state index contributed by atoms with van der Waals surface area (Å²) in [5.74, 6) is 1.46. The fourth-order valence-corrected chi connectivity index (χ4v) is 3.42. The number of halogens is 1. The van der Waals surface area contributed by atoms with E-state index in [0.29, 0.717) is 23.7 Å². The molecule has 1 heterocycles. The molecule has 3 rings (SSSR count). The number of anilines is 1. The van der Waals surface area contributed by atoms with E-state index >= 15 is 0 Å². The van der Waals surface area contributed by atoms with Crippen LogP contribution in [0.2, 0.25) is 0 Å². The van der Waals surface area contributed by atoms with E-state index in [4.69, 9.17) is 15.2 Å². The molecule has 5 nitrogen and oxygen atoms in total. The quantitative estimate of drug-likeness (QED) is 0.581. The van der Waals surface area contributed by atoms with Gasteiger partial charge in [-0.1, -0.05) is 34.1 Å². The average Bonchev–Trinajstić information content (AvgIpc) is 2.70. The molecule has 142 valence electrons. The van der Waals surface area contributed by atoms with Gasteiger partial charge in [-0.05, 0) is 49.2 Å². The molecule has 0 fully saturated rings. The van der Waals surface area contributed by atoms with Gasteiger partial charge in [-0.25, -0.2) is 4.98 Å². The number of hydrogen-bond donors (Lipinski definition) is 1. The first-order valence-corrected chi connectivity index (χ1v) is 9.56. The van der Waals surface area contributed by atoms with Gasteiger partial charge >= 0.3 is 0 Å². The summed E-state index contributed by atoms with van der Waals surface area (Å²) in [6.45, 7) is 4.40. The predicted octanol–water partition coefficient (Wildman–Crippen LogP) is 5.35. The summed E-state index contributed by atoms with van der Waals surface area (Å²) in [5.41, 5.74) is 10.6. The third-order valence-electron chi connectivity index (χ3n) is 4.45. The lowest BCUT2D eigenvalue weighted by Gasteiger charge is -2.17. The summed E-state index contributed by atoms with van der Waals surface area (Å²) in [5, 5.41) is 9.72. The number of nitrogen functional groups attached to an aromatic ring is 1. The van der Waals surface area contributed by atoms with Crippen molar-refractivity contribution >= 4 is 21.7 Å². The molecule has 0 spiro atoms. The molecule has 2 N–H and O–H groups in total. The summed E-state index contributed by atoms with van der Waals surface area (Å²) in [6, 6.07) is 15.6. The van der Waals surface area contributed by atoms with E-state index in [2.05, 4.69) is 27.0 Å². The Balaban J connectivity index is 2.25. The number of methoxy groups -OCH3 is 1. The third-order valence-corrected chi connectivity index (χ3v) is 4.98. The van der Waals surface area contributed by atoms with E-state index in [1.165, 1.54) is 0 Å². The number of pyridine rings is 1. The van der Waals surface area contributed by atoms with E-state index in [9.17, 15) is 5.26 Å². The Labute approximate surface area is 172 Å². The molecule has 0 bridgehead atoms. The number of nitrogens with zero attached hydrogens (tertiary/aromatic N) is 2. The van der Waals surface area contributed by atoms with Gasteiger partial charge in [0.15, 0.2) is 11.5 Å². The highest BCUT2D eigenvalue weighted by atomic mass is 79.9. The largest absolute Gasteiger partial charge is 0.493 e. The van der Waals surface area contributed by atoms with Gasteiger partial charge in [-0.15, -0.1) is 0 Å². The summed E-state index contributed by atoms with van der Waals surface area (Å²) in [6.07, 6.45) is 0. The molecule has 0 aliphatic rings. The van der Waals surface area contributed by atoms with Crippen LogP contribution in [0.25, 0.3) is 22.4 Å². The second-order valence-corrected chi connectivity index (χ2v) is 7.05. The highest BCUT2D eigenvalue weighted by Gasteiger charge is 2.19. The van der Waals surface area contributed by atoms with Crippen molar-refractivity contribution in [1.29, 1.82) is 5.26 Å². The molecule has 3 aromatic rings. The normalized spacial score (nSPS) is 10.4. The fourth-order valence-electron chi connectivity index (χ4n) is 3.15. The zero-order valence-corrected chi connectivity index (χ0v) is 17.5. The van der Waals surface area contributed by atoms with Crippen LogP contribution in [-0.2, 0) is 0 Å². The van der Waals surface area contributed by atoms with E-state index < -0.39 is 0 Å². The van der Waals surface area contributed by atoms with Crippen molar-refractivity contribution in [1.82, 2.24) is 4.98 Å². The van der Waals surface area contributed by atoms with E-state index in [1.807, 2.05) is 56.3 Å². The number of hydrogen-bond acceptors (Lipinski definition) is 5. The van der Waals surface area contributed by atoms with Gasteiger partial charge in [0.2, 0.25) is 0 Å². The minimum Gasteiger partial charge on any atom is -0.493 e. The Hall–Kier alpha value is -3.04. The summed E-state index contributed by atoms with van der Waals surface area (Å²) in [4.78, 5) is 4.50. The molecule has 2 aromatic carbocycles. The molecule has 6 heteroatoms. The maximum absolute atomic E-state index is 9.72. The molecule has 0 radical (unpaired) electrons. The van der Waals surface area contributed by atoms with Crippen molar-refractivity contribution in [3.8, 4) is 40.0 Å². The summed E-state index contributed by atoms with van der Waals surface area (Å²) in [7, 11) is 1.59. The summed E-state index contributed by atoms with van der Waals surface area (Å²) < 4.78 is 12.1. The van der Waals surface area contributed by atoms with E-state index in [0.717, 1.165) is 32.4 Å². The number of ether oxygens (including phenoxy) is 2. The zero-order valence-electron chi connectivity index (χ0n) is 15.9. The van der Waals surface area contributed by atoms with Crippen molar-refractivity contribution < 1.29 is 9.47 Å². The molecule has 28 heavy (non-hydrogen) atoms. The Morgan fingerprint density at radius 1 is 1.11 bits per heavy atom. The molecule has 0 aliphatic heterocycles. The number of benzene rings is 2. The minimum atomic E-state index is 0.203. The molecule has 0 amide bonds. The molecule has 0 atom stereocenters. The van der Waals surface area contributed by atoms with Crippen molar-refractivity contribution in [3.63, 3.8) is 0 Å². The van der Waals surface area contributed by atoms with Crippen molar-refractivity contribution in [2.75, 3.05) is 19.5 Å². The first kappa shape index (κ1) is 19.7. The lowest BCUT2D eigenvalue weighted by atomic mass is 9.92. The molecule has 0 saturated heterocycles. The number of nitriles is 1. The second-order valence-electron chi connectivity index (χ2n) is 6.14. The van der Waals surface area contributed by atoms with Crippen LogP contribution in [0.5, 0.6) is 11.5 Å². The monoisotopic (exact) mass is 437 g/mol. The van der Waals surface area contributed by atoms with Crippen molar-refractivity contribution in [2.24, 2.45) is 0 Å². The lowest BCUT2D eigenvalue weighted by Crippen LogP contribution is -2.03. The van der Waals surface area contributed by atoms with Crippen LogP contribution in [0.3, 0.4) is 0 Å². The maximum Gasteiger partial charge on any atom is 0.161 e. The van der Waals surface area contributed by atoms with Gasteiger partial charge < -0.3 is 15.2 Å². The topological polar surface area (TPSA) is 81.2 Å². The Kier molecular flexibility index (Phi) is 5.86. The minimum absolute atomic E-state index is 0.203. The number of rotatable bonds is 5. The zero-order chi connectivity index (χ0) is 20.3. The smallest absolute Gasteiger partial charge is 0.161 e. The molecular formula is C22H20BrN3O2. The van der Waals surface area contributed by atoms with Gasteiger partial charge in [0.05, 0.1) is 19.4 Å². The van der Waals surface area contributed by atoms with Crippen molar-refractivity contribution in [2.45, 2.75) is 13.8 Å². The highest BCUT2D eigenvalue weighted by Crippen LogP contribution is 2.39. The van der Waals surface area contributed by atoms with Crippen LogP contribution < -0.4 is 15.2 Å². The molecule has 0 unspecified atom stereocenters. The third kappa shape index (κ3) is 3.67. The van der Waals surface area contributed by atoms with Crippen LogP contribution in [-0.4, -0.2) is 18.7 Å². The Morgan fingerprint density at radius 3 is 2.39 bits per heavy atom.